The van der Waals surface area contributed by atoms with Crippen molar-refractivity contribution in [3.8, 4) is 5.75 Å². The van der Waals surface area contributed by atoms with Crippen LogP contribution in [0.15, 0.2) is 48.5 Å². The predicted octanol–water partition coefficient (Wildman–Crippen LogP) is 3.13. The summed E-state index contributed by atoms with van der Waals surface area (Å²) in [5, 5.41) is 9.54. The van der Waals surface area contributed by atoms with Gasteiger partial charge in [-0.15, -0.1) is 0 Å². The Morgan fingerprint density at radius 2 is 1.86 bits per heavy atom. The van der Waals surface area contributed by atoms with E-state index < -0.39 is 0 Å². The molecule has 1 unspecified atom stereocenters. The van der Waals surface area contributed by atoms with Crippen LogP contribution >= 0.6 is 0 Å². The third-order valence-electron chi connectivity index (χ3n) is 3.48. The lowest BCUT2D eigenvalue weighted by Gasteiger charge is -2.20. The van der Waals surface area contributed by atoms with Gasteiger partial charge in [-0.2, -0.15) is 0 Å². The molecule has 2 aromatic carbocycles. The monoisotopic (exact) mass is 301 g/mol. The van der Waals surface area contributed by atoms with Crippen molar-refractivity contribution in [1.82, 2.24) is 4.90 Å². The van der Waals surface area contributed by atoms with Gasteiger partial charge in [-0.3, -0.25) is 4.79 Å². The minimum Gasteiger partial charge on any atom is -0.508 e. The van der Waals surface area contributed by atoms with Gasteiger partial charge in [-0.1, -0.05) is 24.3 Å². The maximum absolute atomic E-state index is 13.0. The van der Waals surface area contributed by atoms with E-state index in [1.54, 1.807) is 24.3 Å². The highest BCUT2D eigenvalue weighted by Gasteiger charge is 2.21. The molecule has 22 heavy (non-hydrogen) atoms. The smallest absolute Gasteiger partial charge is 0.167 e. The van der Waals surface area contributed by atoms with E-state index in [2.05, 4.69) is 0 Å². The molecule has 1 atom stereocenters. The van der Waals surface area contributed by atoms with E-state index in [1.807, 2.05) is 19.0 Å². The lowest BCUT2D eigenvalue weighted by molar-refractivity contribution is 0.0896. The molecule has 3 nitrogen and oxygen atoms in total. The van der Waals surface area contributed by atoms with Crippen molar-refractivity contribution >= 4 is 5.78 Å². The van der Waals surface area contributed by atoms with Gasteiger partial charge in [0.1, 0.15) is 11.6 Å². The second-order valence-corrected chi connectivity index (χ2v) is 5.70. The normalized spacial score (nSPS) is 12.4. The molecule has 0 saturated carbocycles. The summed E-state index contributed by atoms with van der Waals surface area (Å²) in [4.78, 5) is 14.6. The molecule has 0 heterocycles. The topological polar surface area (TPSA) is 40.5 Å². The van der Waals surface area contributed by atoms with Gasteiger partial charge in [0, 0.05) is 18.0 Å². The number of nitrogens with zero attached hydrogens (tertiary/aromatic N) is 1. The van der Waals surface area contributed by atoms with Crippen molar-refractivity contribution in [2.75, 3.05) is 20.6 Å². The van der Waals surface area contributed by atoms with Crippen molar-refractivity contribution in [3.05, 3.63) is 65.5 Å². The quantitative estimate of drug-likeness (QED) is 0.833. The second-order valence-electron chi connectivity index (χ2n) is 5.70. The maximum atomic E-state index is 13.0. The molecule has 116 valence electrons. The molecule has 1 N–H and O–H groups in total. The molecule has 2 rings (SSSR count). The summed E-state index contributed by atoms with van der Waals surface area (Å²) in [7, 11) is 3.82. The molecule has 0 aromatic heterocycles. The Bertz CT molecular complexity index is 638. The minimum absolute atomic E-state index is 0.0195. The summed E-state index contributed by atoms with van der Waals surface area (Å²) in [6.07, 6.45) is 0.535. The van der Waals surface area contributed by atoms with Crippen LogP contribution in [0.5, 0.6) is 5.75 Å². The Hall–Kier alpha value is -2.20. The van der Waals surface area contributed by atoms with Gasteiger partial charge in [0.25, 0.3) is 0 Å². The number of halogens is 1. The van der Waals surface area contributed by atoms with Crippen molar-refractivity contribution in [2.24, 2.45) is 5.92 Å². The van der Waals surface area contributed by atoms with Gasteiger partial charge in [-0.05, 0) is 50.3 Å². The summed E-state index contributed by atoms with van der Waals surface area (Å²) in [6, 6.07) is 12.6. The van der Waals surface area contributed by atoms with Gasteiger partial charge < -0.3 is 10.0 Å². The fraction of sp³-hybridized carbons (Fsp3) is 0.278. The summed E-state index contributed by atoms with van der Waals surface area (Å²) in [5.74, 6) is -0.473. The minimum atomic E-state index is -0.285. The van der Waals surface area contributed by atoms with E-state index in [0.717, 1.165) is 5.56 Å². The van der Waals surface area contributed by atoms with Crippen LogP contribution in [0.3, 0.4) is 0 Å². The first kappa shape index (κ1) is 16.2. The van der Waals surface area contributed by atoms with E-state index >= 15 is 0 Å². The predicted molar refractivity (Wildman–Crippen MR) is 84.6 cm³/mol. The number of hydrogen-bond acceptors (Lipinski definition) is 3. The molecular formula is C18H20FNO2. The van der Waals surface area contributed by atoms with Crippen molar-refractivity contribution in [3.63, 3.8) is 0 Å². The van der Waals surface area contributed by atoms with Crippen LogP contribution in [-0.4, -0.2) is 36.4 Å². The van der Waals surface area contributed by atoms with Crippen LogP contribution < -0.4 is 0 Å². The van der Waals surface area contributed by atoms with E-state index in [9.17, 15) is 14.3 Å². The fourth-order valence-corrected chi connectivity index (χ4v) is 2.48. The maximum Gasteiger partial charge on any atom is 0.167 e. The Morgan fingerprint density at radius 1 is 1.18 bits per heavy atom. The van der Waals surface area contributed by atoms with Gasteiger partial charge in [0.2, 0.25) is 0 Å². The molecule has 0 amide bonds. The van der Waals surface area contributed by atoms with Crippen molar-refractivity contribution in [2.45, 2.75) is 6.42 Å². The van der Waals surface area contributed by atoms with Crippen molar-refractivity contribution in [1.29, 1.82) is 0 Å². The van der Waals surface area contributed by atoms with E-state index in [4.69, 9.17) is 0 Å². The highest BCUT2D eigenvalue weighted by molar-refractivity contribution is 5.98. The molecule has 2 aromatic rings. The molecule has 0 aliphatic carbocycles. The molecule has 0 saturated heterocycles. The first-order valence-corrected chi connectivity index (χ1v) is 7.18. The molecule has 0 aliphatic rings. The SMILES string of the molecule is CN(C)CC(Cc1ccc(F)cc1)C(=O)c1cccc(O)c1. The zero-order valence-corrected chi connectivity index (χ0v) is 12.8. The number of hydrogen-bond donors (Lipinski definition) is 1. The largest absolute Gasteiger partial charge is 0.508 e. The zero-order valence-electron chi connectivity index (χ0n) is 12.8. The van der Waals surface area contributed by atoms with E-state index in [-0.39, 0.29) is 23.3 Å². The molecule has 0 aliphatic heterocycles. The third-order valence-corrected chi connectivity index (χ3v) is 3.48. The number of carbonyl (C=O) groups is 1. The highest BCUT2D eigenvalue weighted by atomic mass is 19.1. The number of ketones is 1. The summed E-state index contributed by atoms with van der Waals surface area (Å²) in [5.41, 5.74) is 1.41. The van der Waals surface area contributed by atoms with Gasteiger partial charge in [0.05, 0.1) is 0 Å². The molecule has 0 spiro atoms. The standard InChI is InChI=1S/C18H20FNO2/c1-20(2)12-15(10-13-6-8-16(19)9-7-13)18(22)14-4-3-5-17(21)11-14/h3-9,11,15,21H,10,12H2,1-2H3. The molecule has 0 radical (unpaired) electrons. The summed E-state index contributed by atoms with van der Waals surface area (Å²) in [6.45, 7) is 0.589. The number of Topliss-reactive ketones (excluding diaryl/α,β-unsaturated/α-hetero) is 1. The van der Waals surface area contributed by atoms with Gasteiger partial charge in [0.15, 0.2) is 5.78 Å². The number of phenolic OH excluding ortho intramolecular Hbond substituents is 1. The Morgan fingerprint density at radius 3 is 2.45 bits per heavy atom. The highest BCUT2D eigenvalue weighted by Crippen LogP contribution is 2.19. The van der Waals surface area contributed by atoms with Crippen LogP contribution in [0.4, 0.5) is 4.39 Å². The average Bonchev–Trinajstić information content (AvgIpc) is 2.47. The molecule has 4 heteroatoms. The van der Waals surface area contributed by atoms with Gasteiger partial charge in [-0.25, -0.2) is 4.39 Å². The average molecular weight is 301 g/mol. The van der Waals surface area contributed by atoms with E-state index in [1.165, 1.54) is 24.3 Å². The van der Waals surface area contributed by atoms with Crippen LogP contribution in [0.1, 0.15) is 15.9 Å². The third kappa shape index (κ3) is 4.40. The summed E-state index contributed by atoms with van der Waals surface area (Å²) < 4.78 is 13.0. The van der Waals surface area contributed by atoms with Crippen molar-refractivity contribution < 1.29 is 14.3 Å². The molecular weight excluding hydrogens is 281 g/mol. The number of rotatable bonds is 6. The van der Waals surface area contributed by atoms with Crippen LogP contribution in [0.2, 0.25) is 0 Å². The van der Waals surface area contributed by atoms with Crippen LogP contribution in [0.25, 0.3) is 0 Å². The number of phenols is 1. The Kier molecular flexibility index (Phi) is 5.28. The van der Waals surface area contributed by atoms with Crippen LogP contribution in [-0.2, 0) is 6.42 Å². The lowest BCUT2D eigenvalue weighted by atomic mass is 9.90. The zero-order chi connectivity index (χ0) is 16.1. The van der Waals surface area contributed by atoms with Crippen LogP contribution in [0, 0.1) is 11.7 Å². The number of benzene rings is 2. The first-order chi connectivity index (χ1) is 10.5. The first-order valence-electron chi connectivity index (χ1n) is 7.18. The second kappa shape index (κ2) is 7.18. The molecule has 0 bridgehead atoms. The van der Waals surface area contributed by atoms with E-state index in [0.29, 0.717) is 18.5 Å². The molecule has 0 fully saturated rings. The summed E-state index contributed by atoms with van der Waals surface area (Å²) >= 11 is 0. The fourth-order valence-electron chi connectivity index (χ4n) is 2.48. The van der Waals surface area contributed by atoms with Gasteiger partial charge >= 0.3 is 0 Å². The number of carbonyl (C=O) groups excluding carboxylic acids is 1. The Labute approximate surface area is 130 Å². The Balaban J connectivity index is 2.21. The number of aromatic hydroxyl groups is 1. The lowest BCUT2D eigenvalue weighted by Crippen LogP contribution is -2.29.